The van der Waals surface area contributed by atoms with Gasteiger partial charge in [-0.2, -0.15) is 0 Å². The summed E-state index contributed by atoms with van der Waals surface area (Å²) in [7, 11) is 3.10. The number of hydrogen-bond acceptors (Lipinski definition) is 4. The molecule has 0 saturated heterocycles. The topological polar surface area (TPSA) is 88.7 Å². The smallest absolute Gasteiger partial charge is 0.319 e. The van der Waals surface area contributed by atoms with E-state index in [2.05, 4.69) is 16.0 Å². The molecule has 29 heavy (non-hydrogen) atoms. The minimum Gasteiger partial charge on any atom is -0.497 e. The lowest BCUT2D eigenvalue weighted by molar-refractivity contribution is -0.113. The predicted molar refractivity (Wildman–Crippen MR) is 111 cm³/mol. The Morgan fingerprint density at radius 3 is 2.48 bits per heavy atom. The van der Waals surface area contributed by atoms with Gasteiger partial charge in [0.25, 0.3) is 5.91 Å². The first kappa shape index (κ1) is 20.3. The van der Waals surface area contributed by atoms with E-state index >= 15 is 0 Å². The van der Waals surface area contributed by atoms with Crippen molar-refractivity contribution in [3.8, 4) is 11.5 Å². The van der Waals surface area contributed by atoms with Gasteiger partial charge in [-0.3, -0.25) is 4.79 Å². The third-order valence-corrected chi connectivity index (χ3v) is 4.91. The van der Waals surface area contributed by atoms with Crippen molar-refractivity contribution in [2.75, 3.05) is 19.5 Å². The van der Waals surface area contributed by atoms with Crippen molar-refractivity contribution in [2.24, 2.45) is 0 Å². The molecule has 0 radical (unpaired) electrons. The molecule has 0 saturated carbocycles. The summed E-state index contributed by atoms with van der Waals surface area (Å²) in [5, 5.41) is 8.49. The van der Waals surface area contributed by atoms with Crippen LogP contribution in [-0.2, 0) is 4.79 Å². The molecule has 3 N–H and O–H groups in total. The zero-order chi connectivity index (χ0) is 21.1. The van der Waals surface area contributed by atoms with Gasteiger partial charge < -0.3 is 25.4 Å². The van der Waals surface area contributed by atoms with E-state index in [4.69, 9.17) is 9.47 Å². The van der Waals surface area contributed by atoms with Crippen molar-refractivity contribution in [2.45, 2.75) is 26.8 Å². The molecule has 0 bridgehead atoms. The Bertz CT molecular complexity index is 998. The Morgan fingerprint density at radius 2 is 1.79 bits per heavy atom. The fourth-order valence-corrected chi connectivity index (χ4v) is 3.35. The second-order valence-corrected chi connectivity index (χ2v) is 6.95. The molecule has 152 valence electrons. The molecule has 1 heterocycles. The van der Waals surface area contributed by atoms with Gasteiger partial charge in [0.05, 0.1) is 25.8 Å². The molecule has 0 aliphatic carbocycles. The van der Waals surface area contributed by atoms with Crippen LogP contribution in [0.2, 0.25) is 0 Å². The number of aryl methyl sites for hydroxylation is 2. The van der Waals surface area contributed by atoms with E-state index in [9.17, 15) is 9.59 Å². The van der Waals surface area contributed by atoms with Crippen LogP contribution in [0, 0.1) is 13.8 Å². The van der Waals surface area contributed by atoms with Crippen LogP contribution in [0.4, 0.5) is 10.5 Å². The summed E-state index contributed by atoms with van der Waals surface area (Å²) < 4.78 is 10.7. The Kier molecular flexibility index (Phi) is 5.77. The fourth-order valence-electron chi connectivity index (χ4n) is 3.35. The van der Waals surface area contributed by atoms with E-state index < -0.39 is 6.04 Å². The van der Waals surface area contributed by atoms with E-state index in [1.165, 1.54) is 7.11 Å². The van der Waals surface area contributed by atoms with E-state index in [0.29, 0.717) is 28.3 Å². The molecule has 0 spiro atoms. The van der Waals surface area contributed by atoms with Crippen LogP contribution in [0.25, 0.3) is 0 Å². The van der Waals surface area contributed by atoms with Crippen LogP contribution in [0.3, 0.4) is 0 Å². The highest BCUT2D eigenvalue weighted by molar-refractivity contribution is 6.07. The Hall–Kier alpha value is -3.48. The van der Waals surface area contributed by atoms with Gasteiger partial charge in [0.15, 0.2) is 0 Å². The van der Waals surface area contributed by atoms with Crippen LogP contribution >= 0.6 is 0 Å². The first-order chi connectivity index (χ1) is 13.8. The van der Waals surface area contributed by atoms with Crippen LogP contribution < -0.4 is 25.4 Å². The molecule has 3 amide bonds. The molecule has 1 aliphatic rings. The summed E-state index contributed by atoms with van der Waals surface area (Å²) >= 11 is 0. The van der Waals surface area contributed by atoms with Crippen LogP contribution in [0.15, 0.2) is 47.7 Å². The summed E-state index contributed by atoms with van der Waals surface area (Å²) in [6.45, 7) is 5.61. The number of hydrogen-bond donors (Lipinski definition) is 3. The molecule has 1 atom stereocenters. The normalized spacial score (nSPS) is 16.0. The van der Waals surface area contributed by atoms with E-state index in [0.717, 1.165) is 16.8 Å². The molecule has 1 aliphatic heterocycles. The lowest BCUT2D eigenvalue weighted by Crippen LogP contribution is -2.46. The summed E-state index contributed by atoms with van der Waals surface area (Å²) in [6, 6.07) is 10.1. The number of anilines is 1. The van der Waals surface area contributed by atoms with Crippen molar-refractivity contribution in [3.05, 3.63) is 64.4 Å². The highest BCUT2D eigenvalue weighted by Gasteiger charge is 2.33. The lowest BCUT2D eigenvalue weighted by Gasteiger charge is -2.29. The van der Waals surface area contributed by atoms with Crippen molar-refractivity contribution in [1.82, 2.24) is 10.6 Å². The first-order valence-corrected chi connectivity index (χ1v) is 9.23. The number of benzene rings is 2. The standard InChI is InChI=1S/C22H25N3O4/c1-12-6-7-13(2)17(10-12)24-21(26)19-14(3)23-22(27)25-20(19)16-9-8-15(28-4)11-18(16)29-5/h6-11,20H,1-5H3,(H,24,26)(H2,23,25,27)/t20-/m0/s1. The first-order valence-electron chi connectivity index (χ1n) is 9.23. The molecule has 7 nitrogen and oxygen atoms in total. The maximum atomic E-state index is 13.2. The largest absolute Gasteiger partial charge is 0.497 e. The third kappa shape index (κ3) is 4.18. The lowest BCUT2D eigenvalue weighted by atomic mass is 9.93. The quantitative estimate of drug-likeness (QED) is 0.722. The second-order valence-electron chi connectivity index (χ2n) is 6.95. The Balaban J connectivity index is 2.02. The fraction of sp³-hybridized carbons (Fsp3) is 0.273. The summed E-state index contributed by atoms with van der Waals surface area (Å²) in [4.78, 5) is 25.4. The molecule has 3 rings (SSSR count). The van der Waals surface area contributed by atoms with Gasteiger partial charge in [-0.15, -0.1) is 0 Å². The predicted octanol–water partition coefficient (Wildman–Crippen LogP) is 3.59. The number of methoxy groups -OCH3 is 2. The van der Waals surface area contributed by atoms with Crippen molar-refractivity contribution >= 4 is 17.6 Å². The number of carbonyl (C=O) groups is 2. The molecule has 2 aromatic carbocycles. The Labute approximate surface area is 170 Å². The summed E-state index contributed by atoms with van der Waals surface area (Å²) in [6.07, 6.45) is 0. The second kappa shape index (κ2) is 8.26. The van der Waals surface area contributed by atoms with Crippen LogP contribution in [-0.4, -0.2) is 26.2 Å². The molecule has 0 aromatic heterocycles. The number of ether oxygens (including phenoxy) is 2. The minimum atomic E-state index is -0.672. The van der Waals surface area contributed by atoms with Gasteiger partial charge in [-0.25, -0.2) is 4.79 Å². The van der Waals surface area contributed by atoms with Crippen molar-refractivity contribution < 1.29 is 19.1 Å². The molecule has 7 heteroatoms. The molecule has 0 unspecified atom stereocenters. The molecule has 0 fully saturated rings. The van der Waals surface area contributed by atoms with Gasteiger partial charge >= 0.3 is 6.03 Å². The number of carbonyl (C=O) groups excluding carboxylic acids is 2. The molecular formula is C22H25N3O4. The number of amides is 3. The van der Waals surface area contributed by atoms with Gasteiger partial charge in [0.1, 0.15) is 11.5 Å². The molecular weight excluding hydrogens is 370 g/mol. The van der Waals surface area contributed by atoms with Gasteiger partial charge in [0, 0.05) is 23.0 Å². The van der Waals surface area contributed by atoms with Crippen LogP contribution in [0.1, 0.15) is 29.7 Å². The van der Waals surface area contributed by atoms with Crippen molar-refractivity contribution in [3.63, 3.8) is 0 Å². The number of urea groups is 1. The van der Waals surface area contributed by atoms with E-state index in [1.54, 1.807) is 32.2 Å². The van der Waals surface area contributed by atoms with E-state index in [1.807, 2.05) is 32.0 Å². The highest BCUT2D eigenvalue weighted by Crippen LogP contribution is 2.35. The van der Waals surface area contributed by atoms with Crippen LogP contribution in [0.5, 0.6) is 11.5 Å². The Morgan fingerprint density at radius 1 is 1.03 bits per heavy atom. The SMILES string of the molecule is COc1ccc([C@@H]2NC(=O)NC(C)=C2C(=O)Nc2cc(C)ccc2C)c(OC)c1. The van der Waals surface area contributed by atoms with Gasteiger partial charge in [0.2, 0.25) is 0 Å². The zero-order valence-corrected chi connectivity index (χ0v) is 17.2. The number of nitrogens with one attached hydrogen (secondary N) is 3. The number of rotatable bonds is 5. The average molecular weight is 395 g/mol. The minimum absolute atomic E-state index is 0.299. The van der Waals surface area contributed by atoms with Gasteiger partial charge in [-0.05, 0) is 50.1 Å². The summed E-state index contributed by atoms with van der Waals surface area (Å²) in [5.41, 5.74) is 4.28. The maximum Gasteiger partial charge on any atom is 0.319 e. The monoisotopic (exact) mass is 395 g/mol. The number of allylic oxidation sites excluding steroid dienone is 1. The average Bonchev–Trinajstić information content (AvgIpc) is 2.69. The van der Waals surface area contributed by atoms with Crippen molar-refractivity contribution in [1.29, 1.82) is 0 Å². The summed E-state index contributed by atoms with van der Waals surface area (Å²) in [5.74, 6) is 0.834. The van der Waals surface area contributed by atoms with E-state index in [-0.39, 0.29) is 11.9 Å². The van der Waals surface area contributed by atoms with Gasteiger partial charge in [-0.1, -0.05) is 12.1 Å². The molecule has 2 aromatic rings. The maximum absolute atomic E-state index is 13.2. The third-order valence-electron chi connectivity index (χ3n) is 4.91. The zero-order valence-electron chi connectivity index (χ0n) is 17.2. The highest BCUT2D eigenvalue weighted by atomic mass is 16.5.